The highest BCUT2D eigenvalue weighted by Gasteiger charge is 2.32. The molecule has 1 N–H and O–H groups in total. The molecule has 1 aliphatic rings. The van der Waals surface area contributed by atoms with Crippen LogP contribution in [-0.4, -0.2) is 54.2 Å². The van der Waals surface area contributed by atoms with Crippen LogP contribution in [0.15, 0.2) is 91.0 Å². The SMILES string of the molecule is CCCC[C@H]([C@@H](O)c1ccc2c(Cl)c(OC)ccc2c1)N1CCN(C(c2ccccc2)c2ccccc2)CC1. The molecule has 0 unspecified atom stereocenters. The summed E-state index contributed by atoms with van der Waals surface area (Å²) in [7, 11) is 1.63. The number of benzene rings is 4. The number of fused-ring (bicyclic) bond motifs is 1. The Morgan fingerprint density at radius 2 is 1.41 bits per heavy atom. The van der Waals surface area contributed by atoms with Gasteiger partial charge in [0.15, 0.2) is 0 Å². The summed E-state index contributed by atoms with van der Waals surface area (Å²) >= 11 is 6.55. The molecule has 4 aromatic rings. The molecule has 1 heterocycles. The summed E-state index contributed by atoms with van der Waals surface area (Å²) in [5.74, 6) is 0.667. The lowest BCUT2D eigenvalue weighted by molar-refractivity contribution is 0.00694. The lowest BCUT2D eigenvalue weighted by atomic mass is 9.93. The summed E-state index contributed by atoms with van der Waals surface area (Å²) in [4.78, 5) is 5.10. The van der Waals surface area contributed by atoms with Gasteiger partial charge in [-0.1, -0.05) is 110 Å². The fourth-order valence-electron chi connectivity index (χ4n) is 6.02. The first-order valence-electron chi connectivity index (χ1n) is 14.1. The number of methoxy groups -OCH3 is 1. The Kier molecular flexibility index (Phi) is 9.21. The van der Waals surface area contributed by atoms with E-state index in [0.717, 1.165) is 61.8 Å². The van der Waals surface area contributed by atoms with Gasteiger partial charge in [0.25, 0.3) is 0 Å². The second-order valence-electron chi connectivity index (χ2n) is 10.5. The summed E-state index contributed by atoms with van der Waals surface area (Å²) in [6.07, 6.45) is 2.61. The third-order valence-electron chi connectivity index (χ3n) is 8.14. The van der Waals surface area contributed by atoms with Crippen LogP contribution < -0.4 is 4.74 Å². The Hall–Kier alpha value is -2.89. The number of halogens is 1. The summed E-state index contributed by atoms with van der Waals surface area (Å²) in [6, 6.07) is 32.0. The molecular weight excluding hydrogens is 504 g/mol. The number of nitrogens with zero attached hydrogens (tertiary/aromatic N) is 2. The highest BCUT2D eigenvalue weighted by atomic mass is 35.5. The molecule has 0 spiro atoms. The van der Waals surface area contributed by atoms with Gasteiger partial charge in [-0.15, -0.1) is 0 Å². The molecule has 39 heavy (non-hydrogen) atoms. The van der Waals surface area contributed by atoms with Crippen molar-refractivity contribution in [3.05, 3.63) is 113 Å². The first kappa shape index (κ1) is 27.7. The molecule has 5 rings (SSSR count). The molecule has 0 amide bonds. The molecule has 0 saturated carbocycles. The van der Waals surface area contributed by atoms with Gasteiger partial charge in [-0.25, -0.2) is 0 Å². The van der Waals surface area contributed by atoms with Crippen LogP contribution in [0.5, 0.6) is 5.75 Å². The molecule has 0 aliphatic carbocycles. The predicted octanol–water partition coefficient (Wildman–Crippen LogP) is 7.50. The van der Waals surface area contributed by atoms with E-state index >= 15 is 0 Å². The third kappa shape index (κ3) is 6.15. The maximum atomic E-state index is 11.7. The number of aliphatic hydroxyl groups excluding tert-OH is 1. The number of unbranched alkanes of at least 4 members (excludes halogenated alkanes) is 1. The van der Waals surface area contributed by atoms with E-state index in [4.69, 9.17) is 16.3 Å². The van der Waals surface area contributed by atoms with E-state index in [1.54, 1.807) is 7.11 Å². The monoisotopic (exact) mass is 542 g/mol. The second-order valence-corrected chi connectivity index (χ2v) is 10.9. The van der Waals surface area contributed by atoms with Crippen molar-refractivity contribution in [2.45, 2.75) is 44.4 Å². The number of aliphatic hydroxyl groups is 1. The van der Waals surface area contributed by atoms with Crippen LogP contribution in [0.4, 0.5) is 0 Å². The average Bonchev–Trinajstić information content (AvgIpc) is 2.99. The van der Waals surface area contributed by atoms with E-state index in [-0.39, 0.29) is 12.1 Å². The van der Waals surface area contributed by atoms with Crippen molar-refractivity contribution < 1.29 is 9.84 Å². The molecule has 0 aromatic heterocycles. The zero-order valence-corrected chi connectivity index (χ0v) is 23.7. The minimum absolute atomic E-state index is 0.0742. The Morgan fingerprint density at radius 1 is 0.795 bits per heavy atom. The van der Waals surface area contributed by atoms with Crippen molar-refractivity contribution in [1.82, 2.24) is 9.80 Å². The Morgan fingerprint density at radius 3 is 2.00 bits per heavy atom. The van der Waals surface area contributed by atoms with E-state index in [0.29, 0.717) is 10.8 Å². The molecule has 1 aliphatic heterocycles. The first-order valence-corrected chi connectivity index (χ1v) is 14.5. The molecule has 5 heteroatoms. The molecular formula is C34H39ClN2O2. The van der Waals surface area contributed by atoms with Crippen molar-refractivity contribution in [2.24, 2.45) is 0 Å². The fraction of sp³-hybridized carbons (Fsp3) is 0.353. The van der Waals surface area contributed by atoms with Gasteiger partial charge in [0.1, 0.15) is 5.75 Å². The molecule has 204 valence electrons. The lowest BCUT2D eigenvalue weighted by Crippen LogP contribution is -2.52. The molecule has 2 atom stereocenters. The number of piperazine rings is 1. The Labute approximate surface area is 237 Å². The van der Waals surface area contributed by atoms with Gasteiger partial charge >= 0.3 is 0 Å². The van der Waals surface area contributed by atoms with E-state index in [1.165, 1.54) is 11.1 Å². The minimum Gasteiger partial charge on any atom is -0.495 e. The standard InChI is InChI=1S/C34H39ClN2O2/c1-3-4-15-30(34(38)28-16-18-29-27(24-28)17-19-31(39-2)32(29)35)36-20-22-37(23-21-36)33(25-11-7-5-8-12-25)26-13-9-6-10-14-26/h5-14,16-19,24,30,33-34,38H,3-4,15,20-23H2,1-2H3/t30-,34+/m1/s1. The third-order valence-corrected chi connectivity index (χ3v) is 8.53. The number of rotatable bonds is 10. The van der Waals surface area contributed by atoms with Gasteiger partial charge in [0.05, 0.1) is 24.3 Å². The zero-order chi connectivity index (χ0) is 27.2. The average molecular weight is 543 g/mol. The van der Waals surface area contributed by atoms with Crippen LogP contribution >= 0.6 is 11.6 Å². The number of hydrogen-bond acceptors (Lipinski definition) is 4. The fourth-order valence-corrected chi connectivity index (χ4v) is 6.33. The van der Waals surface area contributed by atoms with Crippen molar-refractivity contribution in [3.63, 3.8) is 0 Å². The molecule has 1 fully saturated rings. The number of hydrogen-bond donors (Lipinski definition) is 1. The van der Waals surface area contributed by atoms with Crippen LogP contribution in [0.2, 0.25) is 5.02 Å². The summed E-state index contributed by atoms with van der Waals surface area (Å²) in [6.45, 7) is 5.99. The zero-order valence-electron chi connectivity index (χ0n) is 23.0. The topological polar surface area (TPSA) is 35.9 Å². The molecule has 1 saturated heterocycles. The quantitative estimate of drug-likeness (QED) is 0.225. The van der Waals surface area contributed by atoms with Crippen LogP contribution in [0.3, 0.4) is 0 Å². The van der Waals surface area contributed by atoms with E-state index in [2.05, 4.69) is 83.5 Å². The first-order chi connectivity index (χ1) is 19.1. The molecule has 4 nitrogen and oxygen atoms in total. The highest BCUT2D eigenvalue weighted by molar-refractivity contribution is 6.37. The minimum atomic E-state index is -0.563. The summed E-state index contributed by atoms with van der Waals surface area (Å²) in [5, 5.41) is 14.3. The normalized spacial score (nSPS) is 16.4. The van der Waals surface area contributed by atoms with Gasteiger partial charge < -0.3 is 9.84 Å². The molecule has 0 bridgehead atoms. The van der Waals surface area contributed by atoms with Crippen LogP contribution in [-0.2, 0) is 0 Å². The van der Waals surface area contributed by atoms with Crippen LogP contribution in [0.25, 0.3) is 10.8 Å². The van der Waals surface area contributed by atoms with E-state index in [9.17, 15) is 5.11 Å². The summed E-state index contributed by atoms with van der Waals surface area (Å²) in [5.41, 5.74) is 3.59. The van der Waals surface area contributed by atoms with E-state index < -0.39 is 6.10 Å². The lowest BCUT2D eigenvalue weighted by Gasteiger charge is -2.44. The smallest absolute Gasteiger partial charge is 0.138 e. The predicted molar refractivity (Wildman–Crippen MR) is 162 cm³/mol. The molecule has 4 aromatic carbocycles. The maximum Gasteiger partial charge on any atom is 0.138 e. The maximum absolute atomic E-state index is 11.7. The van der Waals surface area contributed by atoms with Gasteiger partial charge in [0, 0.05) is 37.6 Å². The highest BCUT2D eigenvalue weighted by Crippen LogP contribution is 2.36. The largest absolute Gasteiger partial charge is 0.495 e. The summed E-state index contributed by atoms with van der Waals surface area (Å²) < 4.78 is 5.38. The van der Waals surface area contributed by atoms with Gasteiger partial charge in [-0.05, 0) is 40.6 Å². The Balaban J connectivity index is 1.35. The van der Waals surface area contributed by atoms with Crippen molar-refractivity contribution in [1.29, 1.82) is 0 Å². The van der Waals surface area contributed by atoms with Crippen molar-refractivity contribution in [2.75, 3.05) is 33.3 Å². The van der Waals surface area contributed by atoms with Crippen LogP contribution in [0, 0.1) is 0 Å². The van der Waals surface area contributed by atoms with E-state index in [1.807, 2.05) is 24.3 Å². The number of ether oxygens (including phenoxy) is 1. The van der Waals surface area contributed by atoms with Crippen molar-refractivity contribution in [3.8, 4) is 5.75 Å². The van der Waals surface area contributed by atoms with Gasteiger partial charge in [0.2, 0.25) is 0 Å². The van der Waals surface area contributed by atoms with Crippen LogP contribution in [0.1, 0.15) is 55.0 Å². The van der Waals surface area contributed by atoms with Gasteiger partial charge in [-0.3, -0.25) is 9.80 Å². The molecule has 0 radical (unpaired) electrons. The van der Waals surface area contributed by atoms with Gasteiger partial charge in [-0.2, -0.15) is 0 Å². The van der Waals surface area contributed by atoms with Crippen molar-refractivity contribution >= 4 is 22.4 Å². The second kappa shape index (κ2) is 13.0. The Bertz CT molecular complexity index is 1300.